The lowest BCUT2D eigenvalue weighted by Crippen LogP contribution is -2.25. The van der Waals surface area contributed by atoms with Crippen molar-refractivity contribution in [1.82, 2.24) is 0 Å². The lowest BCUT2D eigenvalue weighted by Gasteiger charge is -2.19. The summed E-state index contributed by atoms with van der Waals surface area (Å²) in [5, 5.41) is 30.0. The van der Waals surface area contributed by atoms with Crippen molar-refractivity contribution in [1.29, 1.82) is 0 Å². The molecule has 0 aliphatic carbocycles. The Morgan fingerprint density at radius 2 is 0.557 bits per heavy atom. The molecule has 0 radical (unpaired) electrons. The zero-order chi connectivity index (χ0) is 51.7. The number of carbonyl (C=O) groups is 2. The standard InChI is InChI=1S/C53H82O15P2/c1-3-5-7-9-11-13-15-17-19-21-23-25-27-29-31-33-35-37-39-41-52(57)63-43-49(54)45-65-69(59,60)67-47-51(56)48-68-70(61,62)66-46-50(55)44-64-53(58)42-40-38-36-34-32-30-28-26-24-22-20-18-16-14-12-10-8-6-4-2/h5-8,11-14,17-20,23-26,29-32,35-38,49-51,54-56H,3-4,9-10,15-16,21-22,27-28,33-34,39-48H2,1-2H3,(H,59,60)(H,61,62)/b7-5-,8-6-,13-11-,14-12-,19-17-,20-18-,25-23-,26-24-,31-29-,32-30-,37-35-,38-36-. The second-order valence-corrected chi connectivity index (χ2v) is 18.3. The molecular weight excluding hydrogens is 939 g/mol. The average molecular weight is 1020 g/mol. The number of phosphoric ester groups is 2. The Balaban J connectivity index is 4.06. The molecule has 4 atom stereocenters. The molecule has 17 heteroatoms. The summed E-state index contributed by atoms with van der Waals surface area (Å²) in [5.41, 5.74) is 0. The van der Waals surface area contributed by atoms with Gasteiger partial charge in [0.1, 0.15) is 31.5 Å². The quantitative estimate of drug-likeness (QED) is 0.0217. The molecule has 0 saturated carbocycles. The van der Waals surface area contributed by atoms with E-state index in [-0.39, 0.29) is 12.8 Å². The second-order valence-electron chi connectivity index (χ2n) is 15.4. The number of carbonyl (C=O) groups excluding carboxylic acids is 2. The minimum absolute atomic E-state index is 0.0615. The van der Waals surface area contributed by atoms with E-state index in [4.69, 9.17) is 9.47 Å². The lowest BCUT2D eigenvalue weighted by atomic mass is 10.2. The number of hydrogen-bond donors (Lipinski definition) is 5. The molecule has 0 aromatic heterocycles. The number of allylic oxidation sites excluding steroid dienone is 24. The normalized spacial score (nSPS) is 16.2. The van der Waals surface area contributed by atoms with E-state index in [0.29, 0.717) is 25.7 Å². The van der Waals surface area contributed by atoms with Crippen LogP contribution in [0, 0.1) is 0 Å². The van der Waals surface area contributed by atoms with E-state index < -0.39 is 85.5 Å². The maximum absolute atomic E-state index is 12.2. The topological polar surface area (TPSA) is 225 Å². The molecule has 70 heavy (non-hydrogen) atoms. The largest absolute Gasteiger partial charge is 0.472 e. The van der Waals surface area contributed by atoms with Crippen LogP contribution in [-0.4, -0.2) is 95.0 Å². The number of rotatable bonds is 44. The molecule has 0 amide bonds. The van der Waals surface area contributed by atoms with E-state index >= 15 is 0 Å². The predicted octanol–water partition coefficient (Wildman–Crippen LogP) is 11.4. The van der Waals surface area contributed by atoms with Gasteiger partial charge >= 0.3 is 27.6 Å². The smallest absolute Gasteiger partial charge is 0.463 e. The maximum Gasteiger partial charge on any atom is 0.472 e. The Morgan fingerprint density at radius 3 is 0.786 bits per heavy atom. The highest BCUT2D eigenvalue weighted by Crippen LogP contribution is 2.45. The zero-order valence-corrected chi connectivity index (χ0v) is 43.1. The Kier molecular flexibility index (Phi) is 44.5. The third-order valence-corrected chi connectivity index (χ3v) is 10.7. The number of ether oxygens (including phenoxy) is 2. The van der Waals surface area contributed by atoms with Crippen LogP contribution < -0.4 is 0 Å². The van der Waals surface area contributed by atoms with Gasteiger partial charge in [0, 0.05) is 12.8 Å². The van der Waals surface area contributed by atoms with Crippen LogP contribution in [0.5, 0.6) is 0 Å². The number of hydrogen-bond acceptors (Lipinski definition) is 13. The van der Waals surface area contributed by atoms with Gasteiger partial charge in [-0.05, 0) is 89.9 Å². The molecule has 0 bridgehead atoms. The fourth-order valence-corrected chi connectivity index (χ4v) is 6.73. The van der Waals surface area contributed by atoms with Crippen molar-refractivity contribution >= 4 is 27.6 Å². The summed E-state index contributed by atoms with van der Waals surface area (Å²) in [5.74, 6) is -1.17. The van der Waals surface area contributed by atoms with Gasteiger partial charge in [-0.1, -0.05) is 160 Å². The van der Waals surface area contributed by atoms with E-state index in [1.807, 2.05) is 36.5 Å². The first kappa shape index (κ1) is 65.9. The molecule has 394 valence electrons. The molecule has 5 N–H and O–H groups in total. The number of aliphatic hydroxyl groups excluding tert-OH is 3. The SMILES string of the molecule is CC/C=C\C/C=C\C/C=C\C/C=C\C/C=C\C/C=C\CCC(=O)OCC(O)COP(=O)(O)OCC(O)COP(=O)(O)OCC(O)COC(=O)CC/C=C\C/C=C\C/C=C\C/C=C\C/C=C\C/C=C\CC. The van der Waals surface area contributed by atoms with Crippen LogP contribution in [-0.2, 0) is 46.3 Å². The van der Waals surface area contributed by atoms with Crippen molar-refractivity contribution in [3.8, 4) is 0 Å². The summed E-state index contributed by atoms with van der Waals surface area (Å²) in [6, 6.07) is 0. The molecule has 0 aromatic carbocycles. The highest BCUT2D eigenvalue weighted by molar-refractivity contribution is 7.47. The Hall–Kier alpha value is -4.08. The molecule has 0 aromatic rings. The van der Waals surface area contributed by atoms with Crippen molar-refractivity contribution in [3.05, 3.63) is 146 Å². The highest BCUT2D eigenvalue weighted by Gasteiger charge is 2.28. The molecule has 0 fully saturated rings. The fraction of sp³-hybridized carbons (Fsp3) is 0.509. The van der Waals surface area contributed by atoms with Gasteiger partial charge in [0.05, 0.1) is 26.4 Å². The van der Waals surface area contributed by atoms with E-state index in [2.05, 4.69) is 141 Å². The molecule has 0 rings (SSSR count). The van der Waals surface area contributed by atoms with Gasteiger partial charge in [-0.2, -0.15) is 0 Å². The van der Waals surface area contributed by atoms with Gasteiger partial charge in [0.25, 0.3) is 0 Å². The first-order valence-corrected chi connectivity index (χ1v) is 27.2. The Morgan fingerprint density at radius 1 is 0.357 bits per heavy atom. The number of phosphoric acid groups is 2. The summed E-state index contributed by atoms with van der Waals surface area (Å²) < 4.78 is 52.9. The molecule has 0 heterocycles. The van der Waals surface area contributed by atoms with Gasteiger partial charge in [0.2, 0.25) is 0 Å². The van der Waals surface area contributed by atoms with Crippen molar-refractivity contribution < 1.29 is 71.4 Å². The number of aliphatic hydroxyl groups is 3. The van der Waals surface area contributed by atoms with Crippen LogP contribution in [0.3, 0.4) is 0 Å². The second kappa shape index (κ2) is 47.3. The van der Waals surface area contributed by atoms with Crippen LogP contribution >= 0.6 is 15.6 Å². The van der Waals surface area contributed by atoms with Gasteiger partial charge < -0.3 is 34.6 Å². The van der Waals surface area contributed by atoms with Crippen LogP contribution in [0.15, 0.2) is 146 Å². The van der Waals surface area contributed by atoms with E-state index in [1.54, 1.807) is 0 Å². The third-order valence-electron chi connectivity index (χ3n) is 8.82. The monoisotopic (exact) mass is 1020 g/mol. The van der Waals surface area contributed by atoms with Crippen molar-refractivity contribution in [2.75, 3.05) is 39.6 Å². The first-order chi connectivity index (χ1) is 33.8. The molecule has 4 unspecified atom stereocenters. The van der Waals surface area contributed by atoms with Crippen LogP contribution in [0.4, 0.5) is 0 Å². The van der Waals surface area contributed by atoms with Gasteiger partial charge in [-0.15, -0.1) is 0 Å². The molecule has 0 saturated heterocycles. The van der Waals surface area contributed by atoms with Gasteiger partial charge in [0.15, 0.2) is 0 Å². The maximum atomic E-state index is 12.2. The summed E-state index contributed by atoms with van der Waals surface area (Å²) in [6.45, 7) is -0.0372. The molecule has 0 aliphatic rings. The predicted molar refractivity (Wildman–Crippen MR) is 278 cm³/mol. The van der Waals surface area contributed by atoms with Gasteiger partial charge in [-0.25, -0.2) is 9.13 Å². The van der Waals surface area contributed by atoms with Crippen molar-refractivity contribution in [2.45, 2.75) is 135 Å². The summed E-state index contributed by atoms with van der Waals surface area (Å²) in [4.78, 5) is 43.7. The van der Waals surface area contributed by atoms with E-state index in [1.165, 1.54) is 0 Å². The van der Waals surface area contributed by atoms with Crippen molar-refractivity contribution in [2.24, 2.45) is 0 Å². The van der Waals surface area contributed by atoms with E-state index in [9.17, 15) is 43.8 Å². The molecule has 15 nitrogen and oxygen atoms in total. The summed E-state index contributed by atoms with van der Waals surface area (Å²) >= 11 is 0. The molecular formula is C53H82O15P2. The zero-order valence-electron chi connectivity index (χ0n) is 41.4. The highest BCUT2D eigenvalue weighted by atomic mass is 31.2. The van der Waals surface area contributed by atoms with E-state index in [0.717, 1.165) is 64.2 Å². The Labute approximate surface area is 418 Å². The number of esters is 2. The average Bonchev–Trinajstić information content (AvgIpc) is 3.34. The third kappa shape index (κ3) is 48.9. The first-order valence-electron chi connectivity index (χ1n) is 24.2. The minimum Gasteiger partial charge on any atom is -0.463 e. The minimum atomic E-state index is -4.82. The van der Waals surface area contributed by atoms with Crippen LogP contribution in [0.1, 0.15) is 117 Å². The Bertz CT molecular complexity index is 1680. The van der Waals surface area contributed by atoms with Crippen LogP contribution in [0.2, 0.25) is 0 Å². The fourth-order valence-electron chi connectivity index (χ4n) is 5.14. The lowest BCUT2D eigenvalue weighted by molar-refractivity contribution is -0.148. The van der Waals surface area contributed by atoms with Crippen molar-refractivity contribution in [3.63, 3.8) is 0 Å². The van der Waals surface area contributed by atoms with Gasteiger partial charge in [-0.3, -0.25) is 27.7 Å². The summed E-state index contributed by atoms with van der Waals surface area (Å²) in [7, 11) is -9.64. The van der Waals surface area contributed by atoms with Crippen LogP contribution in [0.25, 0.3) is 0 Å². The summed E-state index contributed by atoms with van der Waals surface area (Å²) in [6.07, 6.45) is 57.2. The molecule has 0 aliphatic heterocycles. The molecule has 0 spiro atoms.